The molecule has 0 bridgehead atoms. The van der Waals surface area contributed by atoms with Crippen molar-refractivity contribution in [3.63, 3.8) is 0 Å². The largest absolute Gasteiger partial charge is 0.497 e. The molecule has 2 aromatic rings. The minimum atomic E-state index is -3.68. The fourth-order valence-electron chi connectivity index (χ4n) is 3.62. The third-order valence-corrected chi connectivity index (χ3v) is 6.16. The number of rotatable bonds is 5. The molecule has 142 valence electrons. The predicted molar refractivity (Wildman–Crippen MR) is 104 cm³/mol. The van der Waals surface area contributed by atoms with Crippen LogP contribution in [0.15, 0.2) is 53.4 Å². The third-order valence-electron chi connectivity index (χ3n) is 5.23. The van der Waals surface area contributed by atoms with Gasteiger partial charge >= 0.3 is 0 Å². The number of anilines is 1. The molecule has 6 nitrogen and oxygen atoms in total. The first kappa shape index (κ1) is 19.2. The Morgan fingerprint density at radius 2 is 1.85 bits per heavy atom. The topological polar surface area (TPSA) is 105 Å². The highest BCUT2D eigenvalue weighted by atomic mass is 32.2. The maximum absolute atomic E-state index is 11.3. The minimum Gasteiger partial charge on any atom is -0.497 e. The number of benzene rings is 2. The van der Waals surface area contributed by atoms with Gasteiger partial charge in [-0.05, 0) is 67.6 Å². The van der Waals surface area contributed by atoms with E-state index in [9.17, 15) is 13.7 Å². The molecule has 0 atom stereocenters. The lowest BCUT2D eigenvalue weighted by atomic mass is 9.69. The summed E-state index contributed by atoms with van der Waals surface area (Å²) in [5.74, 6) is 0.761. The van der Waals surface area contributed by atoms with Crippen LogP contribution in [0.1, 0.15) is 31.2 Å². The van der Waals surface area contributed by atoms with Crippen molar-refractivity contribution in [2.24, 2.45) is 5.14 Å². The van der Waals surface area contributed by atoms with Crippen LogP contribution in [-0.2, 0) is 15.4 Å². The van der Waals surface area contributed by atoms with E-state index in [-0.39, 0.29) is 10.9 Å². The van der Waals surface area contributed by atoms with Crippen molar-refractivity contribution >= 4 is 15.7 Å². The second-order valence-electron chi connectivity index (χ2n) is 6.91. The van der Waals surface area contributed by atoms with Crippen molar-refractivity contribution in [2.45, 2.75) is 42.0 Å². The molecular weight excluding hydrogens is 362 g/mol. The Morgan fingerprint density at radius 1 is 1.19 bits per heavy atom. The highest BCUT2D eigenvalue weighted by Crippen LogP contribution is 2.40. The zero-order valence-electron chi connectivity index (χ0n) is 15.2. The molecule has 3 rings (SSSR count). The van der Waals surface area contributed by atoms with Crippen molar-refractivity contribution in [3.8, 4) is 11.8 Å². The average molecular weight is 385 g/mol. The first-order valence-corrected chi connectivity index (χ1v) is 10.4. The molecular formula is C20H23N3O3S. The smallest absolute Gasteiger partial charge is 0.238 e. The fourth-order valence-corrected chi connectivity index (χ4v) is 4.13. The molecule has 0 aliphatic heterocycles. The minimum absolute atomic E-state index is 0.0956. The second-order valence-corrected chi connectivity index (χ2v) is 8.48. The third kappa shape index (κ3) is 4.24. The Labute approximate surface area is 160 Å². The number of ether oxygens (including phenoxy) is 1. The summed E-state index contributed by atoms with van der Waals surface area (Å²) in [6, 6.07) is 16.9. The van der Waals surface area contributed by atoms with E-state index in [2.05, 4.69) is 11.4 Å². The second kappa shape index (κ2) is 7.59. The normalized spacial score (nSPS) is 22.6. The van der Waals surface area contributed by atoms with Crippen molar-refractivity contribution < 1.29 is 13.2 Å². The van der Waals surface area contributed by atoms with Gasteiger partial charge in [0.15, 0.2) is 0 Å². The van der Waals surface area contributed by atoms with Crippen molar-refractivity contribution in [1.82, 2.24) is 0 Å². The Bertz CT molecular complexity index is 941. The lowest BCUT2D eigenvalue weighted by Crippen LogP contribution is -2.35. The summed E-state index contributed by atoms with van der Waals surface area (Å²) in [4.78, 5) is 0.0956. The maximum Gasteiger partial charge on any atom is 0.238 e. The van der Waals surface area contributed by atoms with Crippen LogP contribution in [0.25, 0.3) is 0 Å². The van der Waals surface area contributed by atoms with E-state index in [0.29, 0.717) is 0 Å². The average Bonchev–Trinajstić information content (AvgIpc) is 2.68. The van der Waals surface area contributed by atoms with Crippen molar-refractivity contribution in [3.05, 3.63) is 54.1 Å². The molecule has 0 heterocycles. The number of hydrogen-bond donors (Lipinski definition) is 2. The summed E-state index contributed by atoms with van der Waals surface area (Å²) in [6.45, 7) is 0. The number of nitrogens with one attached hydrogen (secondary N) is 1. The first-order valence-electron chi connectivity index (χ1n) is 8.81. The quantitative estimate of drug-likeness (QED) is 0.822. The number of sulfonamides is 1. The van der Waals surface area contributed by atoms with Crippen LogP contribution in [0.4, 0.5) is 5.69 Å². The molecule has 1 fully saturated rings. The fraction of sp³-hybridized carbons (Fsp3) is 0.350. The number of nitriles is 1. The lowest BCUT2D eigenvalue weighted by molar-refractivity contribution is 0.342. The van der Waals surface area contributed by atoms with Gasteiger partial charge in [0.25, 0.3) is 0 Å². The van der Waals surface area contributed by atoms with Crippen LogP contribution in [0.3, 0.4) is 0 Å². The number of hydrogen-bond acceptors (Lipinski definition) is 5. The van der Waals surface area contributed by atoms with Crippen LogP contribution < -0.4 is 15.2 Å². The van der Waals surface area contributed by atoms with E-state index in [1.54, 1.807) is 19.2 Å². The van der Waals surface area contributed by atoms with E-state index >= 15 is 0 Å². The van der Waals surface area contributed by atoms with Gasteiger partial charge in [0.05, 0.1) is 23.5 Å². The van der Waals surface area contributed by atoms with Gasteiger partial charge in [0, 0.05) is 11.7 Å². The van der Waals surface area contributed by atoms with Gasteiger partial charge in [0.2, 0.25) is 10.0 Å². The molecule has 0 amide bonds. The lowest BCUT2D eigenvalue weighted by Gasteiger charge is -2.36. The monoisotopic (exact) mass is 385 g/mol. The first-order chi connectivity index (χ1) is 12.9. The molecule has 27 heavy (non-hydrogen) atoms. The van der Waals surface area contributed by atoms with Crippen LogP contribution in [-0.4, -0.2) is 21.6 Å². The summed E-state index contributed by atoms with van der Waals surface area (Å²) < 4.78 is 28.0. The van der Waals surface area contributed by atoms with Crippen molar-refractivity contribution in [1.29, 1.82) is 5.26 Å². The van der Waals surface area contributed by atoms with E-state index in [1.807, 2.05) is 24.3 Å². The van der Waals surface area contributed by atoms with Gasteiger partial charge < -0.3 is 10.1 Å². The summed E-state index contributed by atoms with van der Waals surface area (Å²) in [5, 5.41) is 18.4. The van der Waals surface area contributed by atoms with E-state index in [4.69, 9.17) is 9.88 Å². The molecule has 0 unspecified atom stereocenters. The van der Waals surface area contributed by atoms with Crippen LogP contribution >= 0.6 is 0 Å². The molecule has 0 saturated heterocycles. The summed E-state index contributed by atoms with van der Waals surface area (Å²) in [7, 11) is -2.06. The van der Waals surface area contributed by atoms with E-state index in [1.165, 1.54) is 12.1 Å². The SMILES string of the molecule is COc1cccc([C@]2(C#N)CC[C@H](Nc3ccc(S(N)(=O)=O)cc3)CC2)c1. The Morgan fingerprint density at radius 3 is 2.41 bits per heavy atom. The summed E-state index contributed by atoms with van der Waals surface area (Å²) in [6.07, 6.45) is 3.20. The predicted octanol–water partition coefficient (Wildman–Crippen LogP) is 3.16. The Balaban J connectivity index is 1.68. The molecule has 0 aromatic heterocycles. The number of methoxy groups -OCH3 is 1. The van der Waals surface area contributed by atoms with Gasteiger partial charge in [-0.25, -0.2) is 13.6 Å². The van der Waals surface area contributed by atoms with E-state index in [0.717, 1.165) is 42.7 Å². The van der Waals surface area contributed by atoms with Crippen LogP contribution in [0.2, 0.25) is 0 Å². The van der Waals surface area contributed by atoms with Crippen LogP contribution in [0.5, 0.6) is 5.75 Å². The van der Waals surface area contributed by atoms with Crippen molar-refractivity contribution in [2.75, 3.05) is 12.4 Å². The molecule has 1 aliphatic rings. The molecule has 2 aromatic carbocycles. The summed E-state index contributed by atoms with van der Waals surface area (Å²) in [5.41, 5.74) is 1.35. The van der Waals surface area contributed by atoms with Crippen LogP contribution in [0, 0.1) is 11.3 Å². The summed E-state index contributed by atoms with van der Waals surface area (Å²) >= 11 is 0. The standard InChI is InChI=1S/C20H23N3O3S/c1-26-18-4-2-3-15(13-18)20(14-21)11-9-17(10-12-20)23-16-5-7-19(8-6-16)27(22,24)25/h2-8,13,17,23H,9-12H2,1H3,(H2,22,24,25)/t17-,20+. The zero-order chi connectivity index (χ0) is 19.5. The number of nitrogens with zero attached hydrogens (tertiary/aromatic N) is 1. The number of primary sulfonamides is 1. The number of nitrogens with two attached hydrogens (primary N) is 1. The molecule has 1 aliphatic carbocycles. The van der Waals surface area contributed by atoms with Gasteiger partial charge in [-0.15, -0.1) is 0 Å². The van der Waals surface area contributed by atoms with Gasteiger partial charge in [-0.3, -0.25) is 0 Å². The molecule has 1 saturated carbocycles. The van der Waals surface area contributed by atoms with Gasteiger partial charge in [-0.2, -0.15) is 5.26 Å². The molecule has 3 N–H and O–H groups in total. The van der Waals surface area contributed by atoms with Gasteiger partial charge in [-0.1, -0.05) is 12.1 Å². The molecule has 0 spiro atoms. The Hall–Kier alpha value is -2.56. The highest BCUT2D eigenvalue weighted by Gasteiger charge is 2.37. The highest BCUT2D eigenvalue weighted by molar-refractivity contribution is 7.89. The van der Waals surface area contributed by atoms with E-state index < -0.39 is 15.4 Å². The molecule has 0 radical (unpaired) electrons. The molecule has 7 heteroatoms. The van der Waals surface area contributed by atoms with Gasteiger partial charge in [0.1, 0.15) is 5.75 Å². The zero-order valence-corrected chi connectivity index (χ0v) is 16.0. The maximum atomic E-state index is 11.3. The Kier molecular flexibility index (Phi) is 5.40.